The molecule has 3 heteroatoms. The third-order valence-electron chi connectivity index (χ3n) is 3.44. The zero-order chi connectivity index (χ0) is 11.8. The van der Waals surface area contributed by atoms with Crippen LogP contribution in [0.15, 0.2) is 0 Å². The van der Waals surface area contributed by atoms with Crippen molar-refractivity contribution >= 4 is 0 Å². The van der Waals surface area contributed by atoms with E-state index in [1.165, 1.54) is 25.8 Å². The van der Waals surface area contributed by atoms with Gasteiger partial charge in [0, 0.05) is 18.6 Å². The van der Waals surface area contributed by atoms with E-state index in [1.54, 1.807) is 0 Å². The minimum Gasteiger partial charge on any atom is -0.313 e. The van der Waals surface area contributed by atoms with E-state index in [-0.39, 0.29) is 0 Å². The van der Waals surface area contributed by atoms with Crippen LogP contribution >= 0.6 is 0 Å². The van der Waals surface area contributed by atoms with Gasteiger partial charge in [-0.1, -0.05) is 13.8 Å². The summed E-state index contributed by atoms with van der Waals surface area (Å²) in [7, 11) is 0. The quantitative estimate of drug-likeness (QED) is 0.719. The number of hydrogen-bond acceptors (Lipinski definition) is 3. The van der Waals surface area contributed by atoms with Gasteiger partial charge in [-0.25, -0.2) is 0 Å². The van der Waals surface area contributed by atoms with Crippen molar-refractivity contribution in [3.8, 4) is 6.07 Å². The molecule has 0 aromatic carbocycles. The normalized spacial score (nSPS) is 22.2. The molecule has 1 N–H and O–H groups in total. The first-order valence-corrected chi connectivity index (χ1v) is 6.66. The average molecular weight is 223 g/mol. The summed E-state index contributed by atoms with van der Waals surface area (Å²) in [5, 5.41) is 12.4. The Kier molecular flexibility index (Phi) is 6.44. The standard InChI is InChI=1S/C13H25N3/c1-3-10-16(13(4-2)7-8-14)11-12-6-5-9-15-12/h12-13,15H,3-7,9-11H2,1-2H3. The summed E-state index contributed by atoms with van der Waals surface area (Å²) < 4.78 is 0. The number of nitrogens with zero attached hydrogens (tertiary/aromatic N) is 2. The zero-order valence-electron chi connectivity index (χ0n) is 10.7. The molecule has 1 heterocycles. The molecule has 2 atom stereocenters. The van der Waals surface area contributed by atoms with Crippen LogP contribution in [0.1, 0.15) is 46.0 Å². The molecule has 0 bridgehead atoms. The zero-order valence-corrected chi connectivity index (χ0v) is 10.7. The van der Waals surface area contributed by atoms with Gasteiger partial charge in [-0.2, -0.15) is 5.26 Å². The highest BCUT2D eigenvalue weighted by molar-refractivity contribution is 4.85. The van der Waals surface area contributed by atoms with Crippen molar-refractivity contribution in [2.24, 2.45) is 0 Å². The number of rotatable bonds is 7. The Morgan fingerprint density at radius 1 is 1.50 bits per heavy atom. The van der Waals surface area contributed by atoms with Gasteiger partial charge >= 0.3 is 0 Å². The van der Waals surface area contributed by atoms with E-state index >= 15 is 0 Å². The molecule has 92 valence electrons. The predicted octanol–water partition coefficient (Wildman–Crippen LogP) is 2.14. The van der Waals surface area contributed by atoms with E-state index in [1.807, 2.05) is 0 Å². The Morgan fingerprint density at radius 2 is 2.31 bits per heavy atom. The van der Waals surface area contributed by atoms with Gasteiger partial charge in [0.15, 0.2) is 0 Å². The topological polar surface area (TPSA) is 39.1 Å². The second-order valence-corrected chi connectivity index (χ2v) is 4.71. The second kappa shape index (κ2) is 7.65. The van der Waals surface area contributed by atoms with Crippen LogP contribution < -0.4 is 5.32 Å². The molecule has 0 saturated carbocycles. The largest absolute Gasteiger partial charge is 0.313 e. The molecule has 1 fully saturated rings. The molecule has 0 aliphatic carbocycles. The Labute approximate surface area is 99.8 Å². The Morgan fingerprint density at radius 3 is 2.81 bits per heavy atom. The van der Waals surface area contributed by atoms with Crippen molar-refractivity contribution in [1.29, 1.82) is 5.26 Å². The highest BCUT2D eigenvalue weighted by Gasteiger charge is 2.22. The van der Waals surface area contributed by atoms with Crippen LogP contribution in [0, 0.1) is 11.3 Å². The lowest BCUT2D eigenvalue weighted by Crippen LogP contribution is -2.43. The Bertz CT molecular complexity index is 216. The Balaban J connectivity index is 2.46. The van der Waals surface area contributed by atoms with E-state index in [9.17, 15) is 0 Å². The highest BCUT2D eigenvalue weighted by atomic mass is 15.2. The van der Waals surface area contributed by atoms with Crippen molar-refractivity contribution in [2.75, 3.05) is 19.6 Å². The summed E-state index contributed by atoms with van der Waals surface area (Å²) in [6, 6.07) is 3.42. The maximum atomic E-state index is 8.85. The molecular formula is C13H25N3. The van der Waals surface area contributed by atoms with Gasteiger partial charge < -0.3 is 5.32 Å². The van der Waals surface area contributed by atoms with Gasteiger partial charge in [0.05, 0.1) is 12.5 Å². The van der Waals surface area contributed by atoms with E-state index in [4.69, 9.17) is 5.26 Å². The van der Waals surface area contributed by atoms with Crippen molar-refractivity contribution in [3.63, 3.8) is 0 Å². The van der Waals surface area contributed by atoms with Crippen molar-refractivity contribution < 1.29 is 0 Å². The summed E-state index contributed by atoms with van der Waals surface area (Å²) in [5.41, 5.74) is 0. The first-order valence-electron chi connectivity index (χ1n) is 6.66. The third-order valence-corrected chi connectivity index (χ3v) is 3.44. The summed E-state index contributed by atoms with van der Waals surface area (Å²) in [6.07, 6.45) is 5.53. The monoisotopic (exact) mass is 223 g/mol. The molecule has 16 heavy (non-hydrogen) atoms. The summed E-state index contributed by atoms with van der Waals surface area (Å²) in [6.45, 7) is 7.81. The SMILES string of the molecule is CCCN(CC1CCCN1)C(CC)CC#N. The molecule has 0 amide bonds. The second-order valence-electron chi connectivity index (χ2n) is 4.71. The summed E-state index contributed by atoms with van der Waals surface area (Å²) >= 11 is 0. The fourth-order valence-electron chi connectivity index (χ4n) is 2.54. The van der Waals surface area contributed by atoms with Crippen LogP contribution in [-0.4, -0.2) is 36.6 Å². The molecule has 0 spiro atoms. The van der Waals surface area contributed by atoms with Gasteiger partial charge in [-0.05, 0) is 38.8 Å². The molecule has 0 aromatic heterocycles. The smallest absolute Gasteiger partial charge is 0.0638 e. The number of nitriles is 1. The molecular weight excluding hydrogens is 198 g/mol. The number of nitrogens with one attached hydrogen (secondary N) is 1. The van der Waals surface area contributed by atoms with Gasteiger partial charge in [0.1, 0.15) is 0 Å². The van der Waals surface area contributed by atoms with Crippen molar-refractivity contribution in [1.82, 2.24) is 10.2 Å². The van der Waals surface area contributed by atoms with Crippen LogP contribution in [0.3, 0.4) is 0 Å². The predicted molar refractivity (Wildman–Crippen MR) is 67.2 cm³/mol. The van der Waals surface area contributed by atoms with Crippen LogP contribution in [-0.2, 0) is 0 Å². The van der Waals surface area contributed by atoms with Crippen LogP contribution in [0.25, 0.3) is 0 Å². The molecule has 0 radical (unpaired) electrons. The average Bonchev–Trinajstić information content (AvgIpc) is 2.78. The van der Waals surface area contributed by atoms with E-state index in [0.717, 1.165) is 19.5 Å². The lowest BCUT2D eigenvalue weighted by atomic mass is 10.1. The van der Waals surface area contributed by atoms with Crippen molar-refractivity contribution in [3.05, 3.63) is 0 Å². The van der Waals surface area contributed by atoms with Gasteiger partial charge in [0.25, 0.3) is 0 Å². The van der Waals surface area contributed by atoms with E-state index < -0.39 is 0 Å². The van der Waals surface area contributed by atoms with E-state index in [0.29, 0.717) is 18.5 Å². The number of hydrogen-bond donors (Lipinski definition) is 1. The molecule has 0 aromatic rings. The van der Waals surface area contributed by atoms with Crippen LogP contribution in [0.4, 0.5) is 0 Å². The van der Waals surface area contributed by atoms with E-state index in [2.05, 4.69) is 30.1 Å². The fraction of sp³-hybridized carbons (Fsp3) is 0.923. The maximum Gasteiger partial charge on any atom is 0.0638 e. The molecule has 1 rings (SSSR count). The minimum absolute atomic E-state index is 0.451. The molecule has 2 unspecified atom stereocenters. The molecule has 1 saturated heterocycles. The minimum atomic E-state index is 0.451. The molecule has 1 aliphatic rings. The first-order chi connectivity index (χ1) is 7.81. The first kappa shape index (κ1) is 13.5. The van der Waals surface area contributed by atoms with Gasteiger partial charge in [-0.3, -0.25) is 4.90 Å². The summed E-state index contributed by atoms with van der Waals surface area (Å²) in [4.78, 5) is 2.51. The van der Waals surface area contributed by atoms with Crippen LogP contribution in [0.2, 0.25) is 0 Å². The van der Waals surface area contributed by atoms with Gasteiger partial charge in [-0.15, -0.1) is 0 Å². The Hall–Kier alpha value is -0.590. The third kappa shape index (κ3) is 4.11. The van der Waals surface area contributed by atoms with Crippen LogP contribution in [0.5, 0.6) is 0 Å². The molecule has 3 nitrogen and oxygen atoms in total. The highest BCUT2D eigenvalue weighted by Crippen LogP contribution is 2.13. The summed E-state index contributed by atoms with van der Waals surface area (Å²) in [5.74, 6) is 0. The lowest BCUT2D eigenvalue weighted by Gasteiger charge is -2.31. The fourth-order valence-corrected chi connectivity index (χ4v) is 2.54. The van der Waals surface area contributed by atoms with Crippen molar-refractivity contribution in [2.45, 2.75) is 58.0 Å². The maximum absolute atomic E-state index is 8.85. The van der Waals surface area contributed by atoms with Gasteiger partial charge in [0.2, 0.25) is 0 Å². The lowest BCUT2D eigenvalue weighted by molar-refractivity contribution is 0.177. The molecule has 1 aliphatic heterocycles.